The zero-order valence-corrected chi connectivity index (χ0v) is 19.3. The van der Waals surface area contributed by atoms with E-state index in [9.17, 15) is 18.0 Å². The lowest BCUT2D eigenvalue weighted by atomic mass is 9.89. The van der Waals surface area contributed by atoms with Crippen LogP contribution >= 0.6 is 11.6 Å². The van der Waals surface area contributed by atoms with Crippen LogP contribution in [0.3, 0.4) is 0 Å². The van der Waals surface area contributed by atoms with Crippen LogP contribution in [0.15, 0.2) is 41.1 Å². The number of piperidine rings is 1. The molecule has 0 atom stereocenters. The van der Waals surface area contributed by atoms with Crippen molar-refractivity contribution in [2.24, 2.45) is 0 Å². The minimum absolute atomic E-state index is 0.0147. The monoisotopic (exact) mass is 512 g/mol. The van der Waals surface area contributed by atoms with Crippen LogP contribution in [-0.2, 0) is 18.5 Å². The van der Waals surface area contributed by atoms with E-state index < -0.39 is 23.4 Å². The van der Waals surface area contributed by atoms with E-state index in [1.165, 1.54) is 42.3 Å². The number of aromatic nitrogens is 2. The number of carbonyl (C=O) groups excluding carboxylic acids is 1. The summed E-state index contributed by atoms with van der Waals surface area (Å²) in [5.41, 5.74) is -1.50. The number of aliphatic hydroxyl groups excluding tert-OH is 1. The molecule has 12 heteroatoms. The zero-order valence-electron chi connectivity index (χ0n) is 18.5. The number of hydrogen-bond donors (Lipinski definition) is 2. The SMILES string of the molecule is Cc1cc(NC(=O)N2CCC(F)(c3ncc(-c4cc(CO)on4)cc3Cl)CC2)ccc1C(F)(F)F. The Labute approximate surface area is 202 Å². The highest BCUT2D eigenvalue weighted by Gasteiger charge is 2.40. The van der Waals surface area contributed by atoms with E-state index in [-0.39, 0.29) is 60.3 Å². The first kappa shape index (κ1) is 24.9. The Kier molecular flexibility index (Phi) is 6.74. The number of aryl methyl sites for hydroxylation is 1. The first-order valence-electron chi connectivity index (χ1n) is 10.7. The molecule has 35 heavy (non-hydrogen) atoms. The average molecular weight is 513 g/mol. The molecule has 7 nitrogen and oxygen atoms in total. The van der Waals surface area contributed by atoms with Gasteiger partial charge in [0.15, 0.2) is 11.4 Å². The molecule has 0 radical (unpaired) electrons. The molecule has 186 valence electrons. The maximum atomic E-state index is 15.8. The van der Waals surface area contributed by atoms with E-state index in [2.05, 4.69) is 15.5 Å². The molecule has 4 rings (SSSR count). The largest absolute Gasteiger partial charge is 0.416 e. The maximum Gasteiger partial charge on any atom is 0.416 e. The highest BCUT2D eigenvalue weighted by atomic mass is 35.5. The lowest BCUT2D eigenvalue weighted by molar-refractivity contribution is -0.138. The van der Waals surface area contributed by atoms with Crippen LogP contribution in [0.1, 0.15) is 35.4 Å². The zero-order chi connectivity index (χ0) is 25.4. The average Bonchev–Trinajstić information content (AvgIpc) is 3.28. The molecule has 0 bridgehead atoms. The number of nitrogens with zero attached hydrogens (tertiary/aromatic N) is 3. The Morgan fingerprint density at radius 2 is 1.97 bits per heavy atom. The minimum Gasteiger partial charge on any atom is -0.388 e. The minimum atomic E-state index is -4.48. The Balaban J connectivity index is 1.41. The second kappa shape index (κ2) is 9.46. The molecule has 1 aliphatic heterocycles. The van der Waals surface area contributed by atoms with Crippen LogP contribution in [0.5, 0.6) is 0 Å². The highest BCUT2D eigenvalue weighted by Crippen LogP contribution is 2.40. The lowest BCUT2D eigenvalue weighted by Gasteiger charge is -2.36. The molecular weight excluding hydrogens is 492 g/mol. The molecule has 2 aromatic heterocycles. The van der Waals surface area contributed by atoms with Crippen LogP contribution in [0.2, 0.25) is 5.02 Å². The molecule has 1 aromatic carbocycles. The van der Waals surface area contributed by atoms with E-state index in [4.69, 9.17) is 21.2 Å². The maximum absolute atomic E-state index is 15.8. The van der Waals surface area contributed by atoms with Crippen molar-refractivity contribution in [1.29, 1.82) is 0 Å². The van der Waals surface area contributed by atoms with Gasteiger partial charge in [0, 0.05) is 49.4 Å². The topological polar surface area (TPSA) is 91.5 Å². The lowest BCUT2D eigenvalue weighted by Crippen LogP contribution is -2.45. The van der Waals surface area contributed by atoms with Gasteiger partial charge in [-0.15, -0.1) is 0 Å². The van der Waals surface area contributed by atoms with E-state index >= 15 is 4.39 Å². The number of pyridine rings is 1. The number of nitrogens with one attached hydrogen (secondary N) is 1. The Morgan fingerprint density at radius 1 is 1.26 bits per heavy atom. The smallest absolute Gasteiger partial charge is 0.388 e. The molecule has 1 saturated heterocycles. The van der Waals surface area contributed by atoms with Crippen LogP contribution < -0.4 is 5.32 Å². The highest BCUT2D eigenvalue weighted by molar-refractivity contribution is 6.31. The fraction of sp³-hybridized carbons (Fsp3) is 0.348. The first-order chi connectivity index (χ1) is 16.5. The first-order valence-corrected chi connectivity index (χ1v) is 11.0. The van der Waals surface area contributed by atoms with E-state index in [0.717, 1.165) is 6.07 Å². The molecule has 1 fully saturated rings. The van der Waals surface area contributed by atoms with Gasteiger partial charge in [-0.2, -0.15) is 13.2 Å². The van der Waals surface area contributed by atoms with Gasteiger partial charge >= 0.3 is 12.2 Å². The number of urea groups is 1. The van der Waals surface area contributed by atoms with Gasteiger partial charge in [0.1, 0.15) is 12.3 Å². The van der Waals surface area contributed by atoms with Crippen molar-refractivity contribution in [2.75, 3.05) is 18.4 Å². The molecule has 1 aliphatic rings. The number of aliphatic hydroxyl groups is 1. The number of amides is 2. The quantitative estimate of drug-likeness (QED) is 0.437. The van der Waals surface area contributed by atoms with Crippen molar-refractivity contribution in [1.82, 2.24) is 15.0 Å². The molecule has 3 heterocycles. The molecule has 2 N–H and O–H groups in total. The van der Waals surface area contributed by atoms with Crippen LogP contribution in [0.25, 0.3) is 11.3 Å². The molecule has 0 saturated carbocycles. The number of alkyl halides is 4. The summed E-state index contributed by atoms with van der Waals surface area (Å²) in [4.78, 5) is 18.2. The molecule has 0 aliphatic carbocycles. The van der Waals surface area contributed by atoms with Gasteiger partial charge in [0.2, 0.25) is 0 Å². The summed E-state index contributed by atoms with van der Waals surface area (Å²) in [7, 11) is 0. The molecular formula is C23H21ClF4N4O3. The van der Waals surface area contributed by atoms with Gasteiger partial charge < -0.3 is 19.8 Å². The van der Waals surface area contributed by atoms with E-state index in [1.54, 1.807) is 0 Å². The van der Waals surface area contributed by atoms with Crippen molar-refractivity contribution in [3.63, 3.8) is 0 Å². The number of rotatable bonds is 4. The van der Waals surface area contributed by atoms with Crippen molar-refractivity contribution in [3.05, 3.63) is 64.1 Å². The number of benzene rings is 1. The van der Waals surface area contributed by atoms with Crippen LogP contribution in [0.4, 0.5) is 28.0 Å². The third-order valence-corrected chi connectivity index (χ3v) is 6.19. The number of halogens is 5. The summed E-state index contributed by atoms with van der Waals surface area (Å²) in [6.45, 7) is 1.12. The molecule has 0 spiro atoms. The van der Waals surface area contributed by atoms with Crippen molar-refractivity contribution in [2.45, 2.75) is 38.2 Å². The summed E-state index contributed by atoms with van der Waals surface area (Å²) in [6, 6.07) is 5.83. The van der Waals surface area contributed by atoms with E-state index in [0.29, 0.717) is 11.3 Å². The summed E-state index contributed by atoms with van der Waals surface area (Å²) in [6.07, 6.45) is -3.18. The van der Waals surface area contributed by atoms with Gasteiger partial charge in [-0.1, -0.05) is 16.8 Å². The van der Waals surface area contributed by atoms with Gasteiger partial charge in [-0.3, -0.25) is 4.98 Å². The van der Waals surface area contributed by atoms with Crippen molar-refractivity contribution in [3.8, 4) is 11.3 Å². The van der Waals surface area contributed by atoms with Gasteiger partial charge in [0.05, 0.1) is 16.3 Å². The summed E-state index contributed by atoms with van der Waals surface area (Å²) < 4.78 is 59.5. The predicted molar refractivity (Wildman–Crippen MR) is 119 cm³/mol. The number of likely N-dealkylation sites (tertiary alicyclic amines) is 1. The number of anilines is 1. The van der Waals surface area contributed by atoms with Gasteiger partial charge in [0.25, 0.3) is 0 Å². The van der Waals surface area contributed by atoms with Crippen LogP contribution in [0, 0.1) is 6.92 Å². The van der Waals surface area contributed by atoms with Crippen molar-refractivity contribution >= 4 is 23.3 Å². The van der Waals surface area contributed by atoms with Crippen LogP contribution in [-0.4, -0.2) is 39.3 Å². The molecule has 0 unspecified atom stereocenters. The number of carbonyl (C=O) groups is 1. The second-order valence-electron chi connectivity index (χ2n) is 8.30. The molecule has 3 aromatic rings. The fourth-order valence-corrected chi connectivity index (χ4v) is 4.33. The molecule has 2 amide bonds. The Hall–Kier alpha value is -3.18. The van der Waals surface area contributed by atoms with Gasteiger partial charge in [-0.25, -0.2) is 9.18 Å². The third-order valence-electron chi connectivity index (χ3n) is 5.90. The number of hydrogen-bond acceptors (Lipinski definition) is 5. The van der Waals surface area contributed by atoms with Crippen molar-refractivity contribution < 1.29 is 32.0 Å². The Morgan fingerprint density at radius 3 is 2.54 bits per heavy atom. The summed E-state index contributed by atoms with van der Waals surface area (Å²) >= 11 is 6.33. The predicted octanol–water partition coefficient (Wildman–Crippen LogP) is 5.70. The van der Waals surface area contributed by atoms with E-state index in [1.807, 2.05) is 0 Å². The second-order valence-corrected chi connectivity index (χ2v) is 8.71. The summed E-state index contributed by atoms with van der Waals surface area (Å²) in [5.74, 6) is 0.263. The summed E-state index contributed by atoms with van der Waals surface area (Å²) in [5, 5.41) is 15.6. The third kappa shape index (κ3) is 5.25. The standard InChI is InChI=1S/C23H21ClF4N4O3/c1-13-8-15(2-3-17(13)23(26,27)28)30-21(34)32-6-4-22(25,5-7-32)20-18(24)9-14(11-29-20)19-10-16(12-33)35-31-19/h2-3,8-11,33H,4-7,12H2,1H3,(H,30,34). The fourth-order valence-electron chi connectivity index (χ4n) is 3.99. The van der Waals surface area contributed by atoms with Gasteiger partial charge in [-0.05, 0) is 36.8 Å². The normalized spacial score (nSPS) is 15.8. The Bertz CT molecular complexity index is 1240.